The number of methoxy groups -OCH3 is 1. The molecule has 0 amide bonds. The van der Waals surface area contributed by atoms with Gasteiger partial charge in [0.2, 0.25) is 0 Å². The van der Waals surface area contributed by atoms with E-state index in [-0.39, 0.29) is 18.8 Å². The minimum absolute atomic E-state index is 0.0424. The summed E-state index contributed by atoms with van der Waals surface area (Å²) in [5.74, 6) is 0. The van der Waals surface area contributed by atoms with Gasteiger partial charge in [-0.05, 0) is 6.42 Å². The SMILES string of the molecule is CCCC(N)C(CO)OCCOCCOC. The zero-order valence-corrected chi connectivity index (χ0v) is 10.4. The lowest BCUT2D eigenvalue weighted by Gasteiger charge is -2.21. The lowest BCUT2D eigenvalue weighted by molar-refractivity contribution is -0.0363. The molecule has 5 heteroatoms. The average Bonchev–Trinajstić information content (AvgIpc) is 2.28. The number of hydrogen-bond acceptors (Lipinski definition) is 5. The quantitative estimate of drug-likeness (QED) is 0.499. The van der Waals surface area contributed by atoms with E-state index in [1.807, 2.05) is 0 Å². The van der Waals surface area contributed by atoms with E-state index in [2.05, 4.69) is 6.92 Å². The normalized spacial score (nSPS) is 15.0. The molecule has 0 aliphatic heterocycles. The fourth-order valence-electron chi connectivity index (χ4n) is 1.33. The van der Waals surface area contributed by atoms with Gasteiger partial charge in [0.25, 0.3) is 0 Å². The standard InChI is InChI=1S/C11H25NO4/c1-3-4-10(12)11(9-13)16-8-7-15-6-5-14-2/h10-11,13H,3-9,12H2,1-2H3. The van der Waals surface area contributed by atoms with Crippen LogP contribution in [0, 0.1) is 0 Å². The Kier molecular flexibility index (Phi) is 11.1. The van der Waals surface area contributed by atoms with Crippen LogP contribution in [0.5, 0.6) is 0 Å². The van der Waals surface area contributed by atoms with Gasteiger partial charge >= 0.3 is 0 Å². The molecule has 2 atom stereocenters. The Hall–Kier alpha value is -0.200. The van der Waals surface area contributed by atoms with Gasteiger partial charge < -0.3 is 25.1 Å². The van der Waals surface area contributed by atoms with Crippen LogP contribution in [0.1, 0.15) is 19.8 Å². The third-order valence-electron chi connectivity index (χ3n) is 2.27. The first kappa shape index (κ1) is 15.8. The molecule has 0 bridgehead atoms. The van der Waals surface area contributed by atoms with Crippen LogP contribution in [0.3, 0.4) is 0 Å². The molecule has 0 rings (SSSR count). The number of ether oxygens (including phenoxy) is 3. The van der Waals surface area contributed by atoms with Crippen molar-refractivity contribution in [3.8, 4) is 0 Å². The zero-order chi connectivity index (χ0) is 12.2. The van der Waals surface area contributed by atoms with E-state index >= 15 is 0 Å². The summed E-state index contributed by atoms with van der Waals surface area (Å²) < 4.78 is 15.5. The summed E-state index contributed by atoms with van der Waals surface area (Å²) in [4.78, 5) is 0. The minimum atomic E-state index is -0.286. The molecular formula is C11H25NO4. The number of aliphatic hydroxyl groups is 1. The molecule has 0 fully saturated rings. The van der Waals surface area contributed by atoms with Crippen LogP contribution in [0.2, 0.25) is 0 Å². The van der Waals surface area contributed by atoms with E-state index in [1.54, 1.807) is 7.11 Å². The molecule has 0 aromatic heterocycles. The van der Waals surface area contributed by atoms with E-state index in [0.717, 1.165) is 12.8 Å². The summed E-state index contributed by atoms with van der Waals surface area (Å²) in [5, 5.41) is 9.10. The van der Waals surface area contributed by atoms with E-state index in [1.165, 1.54) is 0 Å². The second kappa shape index (κ2) is 11.3. The van der Waals surface area contributed by atoms with Crippen molar-refractivity contribution in [1.29, 1.82) is 0 Å². The van der Waals surface area contributed by atoms with Crippen molar-refractivity contribution in [3.05, 3.63) is 0 Å². The summed E-state index contributed by atoms with van der Waals surface area (Å²) in [6.07, 6.45) is 1.56. The smallest absolute Gasteiger partial charge is 0.0957 e. The molecular weight excluding hydrogens is 210 g/mol. The second-order valence-electron chi connectivity index (χ2n) is 3.65. The highest BCUT2D eigenvalue weighted by molar-refractivity contribution is 4.71. The summed E-state index contributed by atoms with van der Waals surface area (Å²) >= 11 is 0. The van der Waals surface area contributed by atoms with Gasteiger partial charge in [-0.25, -0.2) is 0 Å². The van der Waals surface area contributed by atoms with Gasteiger partial charge in [-0.2, -0.15) is 0 Å². The Labute approximate surface area is 97.9 Å². The van der Waals surface area contributed by atoms with Crippen molar-refractivity contribution < 1.29 is 19.3 Å². The number of rotatable bonds is 11. The average molecular weight is 235 g/mol. The summed E-state index contributed by atoms with van der Waals surface area (Å²) in [7, 11) is 1.63. The fourth-order valence-corrected chi connectivity index (χ4v) is 1.33. The Balaban J connectivity index is 3.47. The molecule has 5 nitrogen and oxygen atoms in total. The first-order valence-corrected chi connectivity index (χ1v) is 5.81. The molecule has 3 N–H and O–H groups in total. The maximum atomic E-state index is 9.10. The van der Waals surface area contributed by atoms with Crippen LogP contribution in [0.25, 0.3) is 0 Å². The lowest BCUT2D eigenvalue weighted by atomic mass is 10.1. The molecule has 2 unspecified atom stereocenters. The van der Waals surface area contributed by atoms with Gasteiger partial charge in [0.1, 0.15) is 0 Å². The van der Waals surface area contributed by atoms with Crippen LogP contribution in [-0.4, -0.2) is 57.4 Å². The number of hydrogen-bond donors (Lipinski definition) is 2. The van der Waals surface area contributed by atoms with Crippen molar-refractivity contribution in [3.63, 3.8) is 0 Å². The van der Waals surface area contributed by atoms with Gasteiger partial charge in [0.05, 0.1) is 39.1 Å². The van der Waals surface area contributed by atoms with Gasteiger partial charge in [-0.15, -0.1) is 0 Å². The predicted molar refractivity (Wildman–Crippen MR) is 62.4 cm³/mol. The molecule has 16 heavy (non-hydrogen) atoms. The largest absolute Gasteiger partial charge is 0.394 e. The van der Waals surface area contributed by atoms with Crippen LogP contribution in [-0.2, 0) is 14.2 Å². The van der Waals surface area contributed by atoms with E-state index in [0.29, 0.717) is 26.4 Å². The fraction of sp³-hybridized carbons (Fsp3) is 1.00. The van der Waals surface area contributed by atoms with Gasteiger partial charge in [-0.3, -0.25) is 0 Å². The van der Waals surface area contributed by atoms with Crippen molar-refractivity contribution in [2.45, 2.75) is 31.9 Å². The Morgan fingerprint density at radius 2 is 1.88 bits per heavy atom. The van der Waals surface area contributed by atoms with Gasteiger partial charge in [0.15, 0.2) is 0 Å². The van der Waals surface area contributed by atoms with Gasteiger partial charge in [-0.1, -0.05) is 13.3 Å². The maximum absolute atomic E-state index is 9.10. The Morgan fingerprint density at radius 1 is 1.19 bits per heavy atom. The van der Waals surface area contributed by atoms with Crippen molar-refractivity contribution in [2.24, 2.45) is 5.73 Å². The molecule has 0 heterocycles. The highest BCUT2D eigenvalue weighted by Crippen LogP contribution is 2.03. The molecule has 0 aromatic carbocycles. The summed E-state index contributed by atoms with van der Waals surface area (Å²) in [6, 6.07) is -0.103. The summed E-state index contributed by atoms with van der Waals surface area (Å²) in [6.45, 7) is 4.11. The van der Waals surface area contributed by atoms with Crippen LogP contribution >= 0.6 is 0 Å². The maximum Gasteiger partial charge on any atom is 0.0957 e. The Bertz CT molecular complexity index is 146. The molecule has 0 saturated carbocycles. The topological polar surface area (TPSA) is 73.9 Å². The lowest BCUT2D eigenvalue weighted by Crippen LogP contribution is -2.39. The third-order valence-corrected chi connectivity index (χ3v) is 2.27. The molecule has 0 spiro atoms. The van der Waals surface area contributed by atoms with Crippen LogP contribution in [0.15, 0.2) is 0 Å². The minimum Gasteiger partial charge on any atom is -0.394 e. The monoisotopic (exact) mass is 235 g/mol. The number of aliphatic hydroxyl groups excluding tert-OH is 1. The van der Waals surface area contributed by atoms with E-state index < -0.39 is 0 Å². The third kappa shape index (κ3) is 8.01. The first-order valence-electron chi connectivity index (χ1n) is 5.81. The Morgan fingerprint density at radius 3 is 2.44 bits per heavy atom. The van der Waals surface area contributed by atoms with Crippen molar-refractivity contribution in [1.82, 2.24) is 0 Å². The molecule has 0 aromatic rings. The first-order chi connectivity index (χ1) is 7.76. The van der Waals surface area contributed by atoms with E-state index in [9.17, 15) is 0 Å². The highest BCUT2D eigenvalue weighted by Gasteiger charge is 2.16. The molecule has 0 radical (unpaired) electrons. The molecule has 0 aliphatic rings. The van der Waals surface area contributed by atoms with Crippen LogP contribution < -0.4 is 5.73 Å². The second-order valence-corrected chi connectivity index (χ2v) is 3.65. The molecule has 0 saturated heterocycles. The van der Waals surface area contributed by atoms with Crippen LogP contribution in [0.4, 0.5) is 0 Å². The summed E-state index contributed by atoms with van der Waals surface area (Å²) in [5.41, 5.74) is 5.86. The number of nitrogens with two attached hydrogens (primary N) is 1. The molecule has 0 aliphatic carbocycles. The predicted octanol–water partition coefficient (Wildman–Crippen LogP) is 0.154. The van der Waals surface area contributed by atoms with Crippen molar-refractivity contribution in [2.75, 3.05) is 40.1 Å². The highest BCUT2D eigenvalue weighted by atomic mass is 16.5. The molecule has 98 valence electrons. The van der Waals surface area contributed by atoms with Gasteiger partial charge in [0, 0.05) is 13.2 Å². The van der Waals surface area contributed by atoms with Crippen molar-refractivity contribution >= 4 is 0 Å². The zero-order valence-electron chi connectivity index (χ0n) is 10.4. The van der Waals surface area contributed by atoms with E-state index in [4.69, 9.17) is 25.1 Å².